The minimum absolute atomic E-state index is 0.0553. The van der Waals surface area contributed by atoms with Gasteiger partial charge in [-0.1, -0.05) is 23.7 Å². The summed E-state index contributed by atoms with van der Waals surface area (Å²) in [6.07, 6.45) is -2.98. The fourth-order valence-corrected chi connectivity index (χ4v) is 2.69. The van der Waals surface area contributed by atoms with Crippen LogP contribution in [0.25, 0.3) is 11.3 Å². The molecule has 8 heteroatoms. The summed E-state index contributed by atoms with van der Waals surface area (Å²) in [5.74, 6) is -0.377. The predicted octanol–water partition coefficient (Wildman–Crippen LogP) is 5.50. The van der Waals surface area contributed by atoms with E-state index in [-0.39, 0.29) is 11.6 Å². The van der Waals surface area contributed by atoms with Gasteiger partial charge in [0.25, 0.3) is 0 Å². The first-order valence-electron chi connectivity index (χ1n) is 7.82. The molecule has 0 spiro atoms. The van der Waals surface area contributed by atoms with Crippen molar-refractivity contribution in [3.05, 3.63) is 71.4 Å². The number of nitrogens with zero attached hydrogens (tertiary/aromatic N) is 3. The van der Waals surface area contributed by atoms with E-state index < -0.39 is 17.6 Å². The number of halogens is 4. The number of carbonyl (C=O) groups excluding carboxylic acids is 1. The molecular weight excluding hydrogens is 379 g/mol. The summed E-state index contributed by atoms with van der Waals surface area (Å²) in [4.78, 5) is 21.7. The van der Waals surface area contributed by atoms with Gasteiger partial charge in [0.1, 0.15) is 0 Å². The van der Waals surface area contributed by atoms with Crippen molar-refractivity contribution in [3.63, 3.8) is 0 Å². The Morgan fingerprint density at radius 1 is 1.07 bits per heavy atom. The minimum Gasteiger partial charge on any atom is -0.274 e. The monoisotopic (exact) mass is 391 g/mol. The highest BCUT2D eigenvalue weighted by atomic mass is 35.5. The molecule has 0 aliphatic rings. The summed E-state index contributed by atoms with van der Waals surface area (Å²) < 4.78 is 38.3. The molecule has 0 aliphatic heterocycles. The molecule has 3 rings (SSSR count). The molecule has 0 fully saturated rings. The Bertz CT molecular complexity index is 974. The van der Waals surface area contributed by atoms with Crippen LogP contribution in [0, 0.1) is 0 Å². The van der Waals surface area contributed by atoms with Crippen molar-refractivity contribution in [2.45, 2.75) is 13.1 Å². The van der Waals surface area contributed by atoms with Gasteiger partial charge in [-0.15, -0.1) is 0 Å². The molecule has 4 nitrogen and oxygen atoms in total. The lowest BCUT2D eigenvalue weighted by molar-refractivity contribution is -0.137. The minimum atomic E-state index is -4.46. The zero-order valence-electron chi connectivity index (χ0n) is 14.0. The normalized spacial score (nSPS) is 11.3. The highest BCUT2D eigenvalue weighted by Gasteiger charge is 2.30. The number of hydrogen-bond acceptors (Lipinski definition) is 3. The highest BCUT2D eigenvalue weighted by Crippen LogP contribution is 2.32. The molecule has 27 heavy (non-hydrogen) atoms. The topological polar surface area (TPSA) is 46.1 Å². The summed E-state index contributed by atoms with van der Waals surface area (Å²) in [6.45, 7) is 1.28. The maximum Gasteiger partial charge on any atom is 0.416 e. The summed E-state index contributed by atoms with van der Waals surface area (Å²) in [7, 11) is 0. The van der Waals surface area contributed by atoms with Crippen LogP contribution in [0.4, 0.5) is 24.8 Å². The Morgan fingerprint density at radius 2 is 1.78 bits per heavy atom. The van der Waals surface area contributed by atoms with Crippen LogP contribution in [0.3, 0.4) is 0 Å². The van der Waals surface area contributed by atoms with E-state index in [1.807, 2.05) is 0 Å². The van der Waals surface area contributed by atoms with Crippen LogP contribution < -0.4 is 4.90 Å². The van der Waals surface area contributed by atoms with Crippen LogP contribution in [0.5, 0.6) is 0 Å². The Balaban J connectivity index is 2.01. The quantitative estimate of drug-likeness (QED) is 0.592. The molecule has 0 radical (unpaired) electrons. The number of rotatable bonds is 3. The molecule has 3 aromatic rings. The van der Waals surface area contributed by atoms with Crippen LogP contribution in [-0.2, 0) is 11.0 Å². The molecule has 138 valence electrons. The molecular formula is C19H13ClF3N3O. The van der Waals surface area contributed by atoms with Crippen molar-refractivity contribution in [1.82, 2.24) is 9.97 Å². The first-order valence-corrected chi connectivity index (χ1v) is 8.20. The lowest BCUT2D eigenvalue weighted by Gasteiger charge is -2.20. The van der Waals surface area contributed by atoms with Gasteiger partial charge in [-0.3, -0.25) is 4.79 Å². The molecule has 0 unspecified atom stereocenters. The van der Waals surface area contributed by atoms with E-state index in [4.69, 9.17) is 11.6 Å². The molecule has 1 heterocycles. The van der Waals surface area contributed by atoms with Crippen molar-refractivity contribution < 1.29 is 18.0 Å². The molecule has 2 aromatic carbocycles. The van der Waals surface area contributed by atoms with Gasteiger partial charge in [0.15, 0.2) is 0 Å². The van der Waals surface area contributed by atoms with E-state index in [0.717, 1.165) is 22.6 Å². The van der Waals surface area contributed by atoms with Crippen molar-refractivity contribution in [1.29, 1.82) is 0 Å². The first-order chi connectivity index (χ1) is 12.8. The molecule has 0 saturated heterocycles. The van der Waals surface area contributed by atoms with E-state index >= 15 is 0 Å². The number of alkyl halides is 3. The van der Waals surface area contributed by atoms with Gasteiger partial charge in [0.2, 0.25) is 11.9 Å². The van der Waals surface area contributed by atoms with Crippen molar-refractivity contribution >= 4 is 29.1 Å². The second kappa shape index (κ2) is 7.36. The summed E-state index contributed by atoms with van der Waals surface area (Å²) in [5, 5.41) is 0.527. The van der Waals surface area contributed by atoms with Crippen molar-refractivity contribution in [3.8, 4) is 11.3 Å². The summed E-state index contributed by atoms with van der Waals surface area (Å²) >= 11 is 6.00. The van der Waals surface area contributed by atoms with Gasteiger partial charge in [-0.05, 0) is 42.5 Å². The van der Waals surface area contributed by atoms with Crippen LogP contribution in [-0.4, -0.2) is 15.9 Å². The van der Waals surface area contributed by atoms with Gasteiger partial charge in [-0.2, -0.15) is 13.2 Å². The fourth-order valence-electron chi connectivity index (χ4n) is 2.50. The maximum absolute atomic E-state index is 12.8. The van der Waals surface area contributed by atoms with E-state index in [9.17, 15) is 18.0 Å². The summed E-state index contributed by atoms with van der Waals surface area (Å²) in [6, 6.07) is 12.9. The third-order valence-electron chi connectivity index (χ3n) is 3.73. The molecule has 0 atom stereocenters. The van der Waals surface area contributed by atoms with E-state index in [1.54, 1.807) is 30.3 Å². The van der Waals surface area contributed by atoms with Gasteiger partial charge >= 0.3 is 6.18 Å². The Morgan fingerprint density at radius 3 is 2.37 bits per heavy atom. The number of aromatic nitrogens is 2. The molecule has 0 saturated carbocycles. The molecule has 0 N–H and O–H groups in total. The smallest absolute Gasteiger partial charge is 0.274 e. The largest absolute Gasteiger partial charge is 0.416 e. The van der Waals surface area contributed by atoms with Gasteiger partial charge in [-0.25, -0.2) is 14.9 Å². The van der Waals surface area contributed by atoms with Crippen molar-refractivity contribution in [2.24, 2.45) is 0 Å². The van der Waals surface area contributed by atoms with Crippen LogP contribution >= 0.6 is 11.6 Å². The SMILES string of the molecule is CC(=O)N(c1ccc(C(F)(F)F)cc1)c1nccc(-c2cccc(Cl)c2)n1. The third-order valence-corrected chi connectivity index (χ3v) is 3.97. The average molecular weight is 392 g/mol. The second-order valence-corrected chi connectivity index (χ2v) is 6.09. The molecule has 0 aliphatic carbocycles. The fraction of sp³-hybridized carbons (Fsp3) is 0.105. The molecule has 0 bridgehead atoms. The summed E-state index contributed by atoms with van der Waals surface area (Å²) in [5.41, 5.74) is 0.685. The second-order valence-electron chi connectivity index (χ2n) is 5.65. The Kier molecular flexibility index (Phi) is 5.14. The number of carbonyl (C=O) groups is 1. The lowest BCUT2D eigenvalue weighted by Crippen LogP contribution is -2.25. The first kappa shape index (κ1) is 18.8. The van der Waals surface area contributed by atoms with Crippen molar-refractivity contribution in [2.75, 3.05) is 4.90 Å². The lowest BCUT2D eigenvalue weighted by atomic mass is 10.1. The standard InChI is InChI=1S/C19H13ClF3N3O/c1-12(27)26(16-7-5-14(6-8-16)19(21,22)23)18-24-10-9-17(25-18)13-3-2-4-15(20)11-13/h2-11H,1H3. The zero-order chi connectivity index (χ0) is 19.6. The van der Waals surface area contributed by atoms with Crippen LogP contribution in [0.15, 0.2) is 60.8 Å². The zero-order valence-corrected chi connectivity index (χ0v) is 14.8. The maximum atomic E-state index is 12.8. The number of benzene rings is 2. The van der Waals surface area contributed by atoms with Gasteiger partial charge in [0.05, 0.1) is 16.9 Å². The Labute approximate surface area is 158 Å². The Hall–Kier alpha value is -2.93. The highest BCUT2D eigenvalue weighted by molar-refractivity contribution is 6.30. The third kappa shape index (κ3) is 4.25. The van der Waals surface area contributed by atoms with E-state index in [0.29, 0.717) is 10.7 Å². The number of amides is 1. The van der Waals surface area contributed by atoms with Crippen LogP contribution in [0.1, 0.15) is 12.5 Å². The van der Waals surface area contributed by atoms with E-state index in [2.05, 4.69) is 9.97 Å². The average Bonchev–Trinajstić information content (AvgIpc) is 2.61. The van der Waals surface area contributed by atoms with E-state index in [1.165, 1.54) is 25.3 Å². The number of hydrogen-bond donors (Lipinski definition) is 0. The molecule has 1 aromatic heterocycles. The van der Waals surface area contributed by atoms with Gasteiger partial charge in [0, 0.05) is 23.7 Å². The van der Waals surface area contributed by atoms with Gasteiger partial charge < -0.3 is 0 Å². The predicted molar refractivity (Wildman–Crippen MR) is 96.7 cm³/mol. The van der Waals surface area contributed by atoms with Crippen LogP contribution in [0.2, 0.25) is 5.02 Å². The molecule has 1 amide bonds. The number of anilines is 2.